The van der Waals surface area contributed by atoms with E-state index in [2.05, 4.69) is 26.2 Å². The van der Waals surface area contributed by atoms with Crippen LogP contribution in [0.4, 0.5) is 5.13 Å². The Morgan fingerprint density at radius 1 is 1.17 bits per heavy atom. The summed E-state index contributed by atoms with van der Waals surface area (Å²) < 4.78 is 6.48. The van der Waals surface area contributed by atoms with E-state index in [1.807, 2.05) is 42.5 Å². The zero-order chi connectivity index (χ0) is 15.8. The van der Waals surface area contributed by atoms with E-state index in [0.29, 0.717) is 17.3 Å². The van der Waals surface area contributed by atoms with E-state index in [0.717, 1.165) is 26.4 Å². The van der Waals surface area contributed by atoms with Crippen LogP contribution in [0.15, 0.2) is 53.0 Å². The summed E-state index contributed by atoms with van der Waals surface area (Å²) in [5.41, 5.74) is 2.43. The zero-order valence-electron chi connectivity index (χ0n) is 11.9. The highest BCUT2D eigenvalue weighted by Gasteiger charge is 2.22. The topological polar surface area (TPSA) is 51.2 Å². The molecule has 2 aromatic carbocycles. The third-order valence-corrected chi connectivity index (χ3v) is 5.17. The van der Waals surface area contributed by atoms with Crippen LogP contribution in [-0.4, -0.2) is 10.9 Å². The number of nitrogens with zero attached hydrogens (tertiary/aromatic N) is 1. The molecule has 1 aromatic heterocycles. The van der Waals surface area contributed by atoms with Gasteiger partial charge in [-0.05, 0) is 40.2 Å². The van der Waals surface area contributed by atoms with Crippen LogP contribution in [0.25, 0.3) is 11.3 Å². The lowest BCUT2D eigenvalue weighted by atomic mass is 10.1. The fourth-order valence-corrected chi connectivity index (χ4v) is 3.80. The highest BCUT2D eigenvalue weighted by atomic mass is 79.9. The van der Waals surface area contributed by atoms with Crippen LogP contribution in [0.5, 0.6) is 5.75 Å². The van der Waals surface area contributed by atoms with E-state index in [1.54, 1.807) is 6.07 Å². The number of nitrogens with one attached hydrogen (secondary N) is 1. The summed E-state index contributed by atoms with van der Waals surface area (Å²) in [5, 5.41) is 3.45. The lowest BCUT2D eigenvalue weighted by Crippen LogP contribution is -2.12. The van der Waals surface area contributed by atoms with E-state index in [1.165, 1.54) is 11.3 Å². The molecule has 0 saturated heterocycles. The van der Waals surface area contributed by atoms with Crippen molar-refractivity contribution < 1.29 is 9.53 Å². The Hall–Kier alpha value is -2.18. The maximum absolute atomic E-state index is 12.4. The summed E-state index contributed by atoms with van der Waals surface area (Å²) in [5.74, 6) is 0.645. The van der Waals surface area contributed by atoms with Crippen LogP contribution < -0.4 is 10.1 Å². The molecular weight excluding hydrogens is 376 g/mol. The van der Waals surface area contributed by atoms with Crippen molar-refractivity contribution in [2.45, 2.75) is 6.61 Å². The van der Waals surface area contributed by atoms with E-state index in [4.69, 9.17) is 4.74 Å². The molecule has 0 aliphatic carbocycles. The Kier molecular flexibility index (Phi) is 3.63. The summed E-state index contributed by atoms with van der Waals surface area (Å²) in [6.45, 7) is 0.481. The molecule has 4 nitrogen and oxygen atoms in total. The Morgan fingerprint density at radius 2 is 1.96 bits per heavy atom. The van der Waals surface area contributed by atoms with Gasteiger partial charge in [-0.1, -0.05) is 35.6 Å². The first kappa shape index (κ1) is 14.4. The largest absolute Gasteiger partial charge is 0.487 e. The molecule has 0 atom stereocenters. The van der Waals surface area contributed by atoms with Crippen LogP contribution in [0, 0.1) is 0 Å². The first-order valence-corrected chi connectivity index (χ1v) is 8.61. The molecule has 23 heavy (non-hydrogen) atoms. The van der Waals surface area contributed by atoms with Crippen molar-refractivity contribution in [3.05, 3.63) is 63.4 Å². The Morgan fingerprint density at radius 3 is 2.83 bits per heavy atom. The van der Waals surface area contributed by atoms with Crippen molar-refractivity contribution in [3.63, 3.8) is 0 Å². The minimum atomic E-state index is -0.183. The van der Waals surface area contributed by atoms with Gasteiger partial charge in [0.25, 0.3) is 5.91 Å². The van der Waals surface area contributed by atoms with Crippen molar-refractivity contribution in [2.75, 3.05) is 5.32 Å². The number of carbonyl (C=O) groups excluding carboxylic acids is 1. The number of anilines is 1. The number of hydrogen-bond acceptors (Lipinski definition) is 4. The molecule has 1 aliphatic rings. The minimum absolute atomic E-state index is 0.183. The van der Waals surface area contributed by atoms with Gasteiger partial charge in [-0.15, -0.1) is 0 Å². The van der Waals surface area contributed by atoms with Gasteiger partial charge in [-0.3, -0.25) is 10.1 Å². The van der Waals surface area contributed by atoms with E-state index < -0.39 is 0 Å². The molecule has 6 heteroatoms. The van der Waals surface area contributed by atoms with Gasteiger partial charge in [0.15, 0.2) is 5.13 Å². The number of hydrogen-bond donors (Lipinski definition) is 1. The number of rotatable bonds is 2. The normalized spacial score (nSPS) is 12.0. The van der Waals surface area contributed by atoms with Crippen LogP contribution in [0.2, 0.25) is 0 Å². The number of aromatic nitrogens is 1. The molecular formula is C17H11BrN2O2S. The van der Waals surface area contributed by atoms with Crippen LogP contribution in [-0.2, 0) is 6.61 Å². The number of para-hydroxylation sites is 1. The molecule has 1 aliphatic heterocycles. The van der Waals surface area contributed by atoms with E-state index in [9.17, 15) is 4.79 Å². The van der Waals surface area contributed by atoms with Crippen molar-refractivity contribution in [1.82, 2.24) is 4.98 Å². The molecule has 0 saturated carbocycles. The summed E-state index contributed by atoms with van der Waals surface area (Å²) in [6.07, 6.45) is 0. The molecule has 1 N–H and O–H groups in total. The van der Waals surface area contributed by atoms with Crippen LogP contribution in [0.3, 0.4) is 0 Å². The summed E-state index contributed by atoms with van der Waals surface area (Å²) >= 11 is 4.84. The van der Waals surface area contributed by atoms with Crippen molar-refractivity contribution in [2.24, 2.45) is 0 Å². The van der Waals surface area contributed by atoms with Crippen LogP contribution in [0.1, 0.15) is 15.2 Å². The molecule has 0 fully saturated rings. The quantitative estimate of drug-likeness (QED) is 0.693. The van der Waals surface area contributed by atoms with Gasteiger partial charge in [0.1, 0.15) is 12.4 Å². The van der Waals surface area contributed by atoms with Crippen LogP contribution >= 0.6 is 27.3 Å². The summed E-state index contributed by atoms with van der Waals surface area (Å²) in [6, 6.07) is 15.1. The summed E-state index contributed by atoms with van der Waals surface area (Å²) in [4.78, 5) is 18.0. The van der Waals surface area contributed by atoms with Crippen molar-refractivity contribution >= 4 is 38.3 Å². The molecule has 2 heterocycles. The number of carbonyl (C=O) groups is 1. The Labute approximate surface area is 145 Å². The van der Waals surface area contributed by atoms with Gasteiger partial charge in [-0.2, -0.15) is 0 Å². The van der Waals surface area contributed by atoms with Gasteiger partial charge in [0.2, 0.25) is 0 Å². The number of amides is 1. The Bertz CT molecular complexity index is 907. The first-order chi connectivity index (χ1) is 11.2. The van der Waals surface area contributed by atoms with Gasteiger partial charge >= 0.3 is 0 Å². The maximum Gasteiger partial charge on any atom is 0.258 e. The average Bonchev–Trinajstić information content (AvgIpc) is 2.98. The summed E-state index contributed by atoms with van der Waals surface area (Å²) in [7, 11) is 0. The second kappa shape index (κ2) is 5.79. The van der Waals surface area contributed by atoms with Crippen molar-refractivity contribution in [3.8, 4) is 17.0 Å². The average molecular weight is 387 g/mol. The highest BCUT2D eigenvalue weighted by molar-refractivity contribution is 9.10. The number of halogens is 1. The second-order valence-corrected chi connectivity index (χ2v) is 6.95. The first-order valence-electron chi connectivity index (χ1n) is 7.00. The number of benzene rings is 2. The predicted octanol–water partition coefficient (Wildman–Crippen LogP) is 4.72. The van der Waals surface area contributed by atoms with Gasteiger partial charge in [-0.25, -0.2) is 4.98 Å². The fraction of sp³-hybridized carbons (Fsp3) is 0.0588. The molecule has 4 rings (SSSR count). The zero-order valence-corrected chi connectivity index (χ0v) is 14.3. The molecule has 114 valence electrons. The molecule has 0 bridgehead atoms. The molecule has 0 unspecified atom stereocenters. The third-order valence-electron chi connectivity index (χ3n) is 3.54. The van der Waals surface area contributed by atoms with Crippen molar-refractivity contribution in [1.29, 1.82) is 0 Å². The van der Waals surface area contributed by atoms with E-state index in [-0.39, 0.29) is 5.91 Å². The van der Waals surface area contributed by atoms with Gasteiger partial charge in [0, 0.05) is 10.0 Å². The number of ether oxygens (including phenoxy) is 1. The third kappa shape index (κ3) is 2.64. The monoisotopic (exact) mass is 386 g/mol. The van der Waals surface area contributed by atoms with Gasteiger partial charge < -0.3 is 4.74 Å². The number of thiazole rings is 1. The highest BCUT2D eigenvalue weighted by Crippen LogP contribution is 2.40. The molecule has 0 spiro atoms. The molecule has 0 radical (unpaired) electrons. The predicted molar refractivity (Wildman–Crippen MR) is 94.0 cm³/mol. The second-order valence-electron chi connectivity index (χ2n) is 5.01. The molecule has 3 aromatic rings. The SMILES string of the molecule is O=C(Nc1nc2c(s1)COc1ccccc1-2)c1ccccc1Br. The fourth-order valence-electron chi connectivity index (χ4n) is 2.45. The smallest absolute Gasteiger partial charge is 0.258 e. The maximum atomic E-state index is 12.4. The Balaban J connectivity index is 1.65. The number of fused-ring (bicyclic) bond motifs is 3. The van der Waals surface area contributed by atoms with E-state index >= 15 is 0 Å². The standard InChI is InChI=1S/C17H11BrN2O2S/c18-12-7-3-1-5-10(12)16(21)20-17-19-15-11-6-2-4-8-13(11)22-9-14(15)23-17/h1-8H,9H2,(H,19,20,21). The minimum Gasteiger partial charge on any atom is -0.487 e. The lowest BCUT2D eigenvalue weighted by Gasteiger charge is -2.15. The molecule has 1 amide bonds. The van der Waals surface area contributed by atoms with Gasteiger partial charge in [0.05, 0.1) is 16.1 Å². The lowest BCUT2D eigenvalue weighted by molar-refractivity contribution is 0.102.